The zero-order valence-corrected chi connectivity index (χ0v) is 12.9. The van der Waals surface area contributed by atoms with Crippen LogP contribution < -0.4 is 5.32 Å². The first-order valence-corrected chi connectivity index (χ1v) is 7.67. The summed E-state index contributed by atoms with van der Waals surface area (Å²) in [6.45, 7) is 0. The van der Waals surface area contributed by atoms with Gasteiger partial charge in [-0.15, -0.1) is 0 Å². The summed E-state index contributed by atoms with van der Waals surface area (Å²) in [5.41, 5.74) is 4.59. The van der Waals surface area contributed by atoms with Crippen LogP contribution in [-0.4, -0.2) is 14.8 Å². The molecule has 0 fully saturated rings. The molecule has 2 N–H and O–H groups in total. The van der Waals surface area contributed by atoms with Crippen LogP contribution in [-0.2, 0) is 7.05 Å². The van der Waals surface area contributed by atoms with Gasteiger partial charge >= 0.3 is 0 Å². The van der Waals surface area contributed by atoms with Crippen LogP contribution in [0.3, 0.4) is 0 Å². The quantitative estimate of drug-likeness (QED) is 0.596. The van der Waals surface area contributed by atoms with E-state index in [9.17, 15) is 0 Å². The van der Waals surface area contributed by atoms with E-state index < -0.39 is 0 Å². The molecule has 0 aliphatic heterocycles. The van der Waals surface area contributed by atoms with Gasteiger partial charge in [-0.05, 0) is 18.2 Å². The summed E-state index contributed by atoms with van der Waals surface area (Å²) >= 11 is 0. The van der Waals surface area contributed by atoms with Crippen LogP contribution in [0.1, 0.15) is 17.2 Å². The number of benzene rings is 2. The fraction of sp³-hybridized carbons (Fsp3) is 0.105. The summed E-state index contributed by atoms with van der Waals surface area (Å²) in [5, 5.41) is 9.19. The van der Waals surface area contributed by atoms with Crippen LogP contribution in [0.5, 0.6) is 0 Å². The molecule has 0 bridgehead atoms. The van der Waals surface area contributed by atoms with Crippen LogP contribution in [0.25, 0.3) is 10.9 Å². The minimum atomic E-state index is 0.0437. The molecule has 2 aromatic heterocycles. The molecular formula is C19H18N4. The predicted molar refractivity (Wildman–Crippen MR) is 93.4 cm³/mol. The molecule has 1 atom stereocenters. The molecule has 23 heavy (non-hydrogen) atoms. The Hall–Kier alpha value is -3.01. The first-order chi connectivity index (χ1) is 11.3. The minimum Gasteiger partial charge on any atom is -0.374 e. The normalized spacial score (nSPS) is 12.4. The molecule has 4 aromatic rings. The molecule has 2 heterocycles. The van der Waals surface area contributed by atoms with Crippen molar-refractivity contribution < 1.29 is 0 Å². The Morgan fingerprint density at radius 1 is 1.04 bits per heavy atom. The lowest BCUT2D eigenvalue weighted by molar-refractivity contribution is 0.766. The highest BCUT2D eigenvalue weighted by molar-refractivity contribution is 5.84. The van der Waals surface area contributed by atoms with E-state index in [2.05, 4.69) is 58.1 Å². The molecule has 1 unspecified atom stereocenters. The van der Waals surface area contributed by atoms with E-state index in [0.717, 1.165) is 16.8 Å². The number of fused-ring (bicyclic) bond motifs is 1. The Balaban J connectivity index is 1.81. The van der Waals surface area contributed by atoms with E-state index in [1.807, 2.05) is 42.2 Å². The smallest absolute Gasteiger partial charge is 0.0818 e. The van der Waals surface area contributed by atoms with E-state index in [-0.39, 0.29) is 6.04 Å². The highest BCUT2D eigenvalue weighted by atomic mass is 15.2. The van der Waals surface area contributed by atoms with E-state index >= 15 is 0 Å². The Morgan fingerprint density at radius 2 is 1.83 bits per heavy atom. The topological polar surface area (TPSA) is 45.6 Å². The predicted octanol–water partition coefficient (Wildman–Crippen LogP) is 4.10. The molecule has 0 aliphatic rings. The Bertz CT molecular complexity index is 921. The number of hydrogen-bond acceptors (Lipinski definition) is 2. The maximum Gasteiger partial charge on any atom is 0.0818 e. The van der Waals surface area contributed by atoms with Gasteiger partial charge in [-0.3, -0.25) is 4.68 Å². The lowest BCUT2D eigenvalue weighted by Crippen LogP contribution is -2.11. The molecular weight excluding hydrogens is 284 g/mol. The maximum absolute atomic E-state index is 4.34. The fourth-order valence-corrected chi connectivity index (χ4v) is 2.96. The SMILES string of the molecule is Cn1cc(C(Nc2ccccc2)c2c[nH]c3ccccc23)cn1. The highest BCUT2D eigenvalue weighted by Crippen LogP contribution is 2.31. The zero-order chi connectivity index (χ0) is 15.6. The van der Waals surface area contributed by atoms with Gasteiger partial charge in [0.05, 0.1) is 12.2 Å². The standard InChI is InChI=1S/C19H18N4/c1-23-13-14(11-21-23)19(22-15-7-3-2-4-8-15)17-12-20-18-10-6-5-9-16(17)18/h2-13,19-20,22H,1H3. The lowest BCUT2D eigenvalue weighted by atomic mass is 10.0. The van der Waals surface area contributed by atoms with Crippen molar-refractivity contribution in [2.75, 3.05) is 5.32 Å². The van der Waals surface area contributed by atoms with Crippen molar-refractivity contribution in [2.24, 2.45) is 7.05 Å². The molecule has 4 rings (SSSR count). The van der Waals surface area contributed by atoms with Gasteiger partial charge in [-0.1, -0.05) is 36.4 Å². The first kappa shape index (κ1) is 13.6. The van der Waals surface area contributed by atoms with Crippen molar-refractivity contribution in [3.05, 3.63) is 84.3 Å². The molecule has 0 aliphatic carbocycles. The van der Waals surface area contributed by atoms with E-state index in [0.29, 0.717) is 0 Å². The Labute approximate surface area is 134 Å². The zero-order valence-electron chi connectivity index (χ0n) is 12.9. The number of rotatable bonds is 4. The van der Waals surface area contributed by atoms with Gasteiger partial charge in [-0.25, -0.2) is 0 Å². The molecule has 4 heteroatoms. The van der Waals surface area contributed by atoms with E-state index in [1.54, 1.807) is 0 Å². The fourth-order valence-electron chi connectivity index (χ4n) is 2.96. The number of aryl methyl sites for hydroxylation is 1. The summed E-state index contributed by atoms with van der Waals surface area (Å²) in [6, 6.07) is 18.7. The number of para-hydroxylation sites is 2. The largest absolute Gasteiger partial charge is 0.374 e. The van der Waals surface area contributed by atoms with Gasteiger partial charge in [-0.2, -0.15) is 5.10 Å². The minimum absolute atomic E-state index is 0.0437. The van der Waals surface area contributed by atoms with Gasteiger partial charge in [0, 0.05) is 47.2 Å². The Morgan fingerprint density at radius 3 is 2.61 bits per heavy atom. The number of nitrogens with one attached hydrogen (secondary N) is 2. The van der Waals surface area contributed by atoms with Crippen LogP contribution >= 0.6 is 0 Å². The van der Waals surface area contributed by atoms with Gasteiger partial charge in [0.2, 0.25) is 0 Å². The van der Waals surface area contributed by atoms with Crippen LogP contribution in [0.15, 0.2) is 73.2 Å². The lowest BCUT2D eigenvalue weighted by Gasteiger charge is -2.18. The number of nitrogens with zero attached hydrogens (tertiary/aromatic N) is 2. The van der Waals surface area contributed by atoms with Gasteiger partial charge < -0.3 is 10.3 Å². The monoisotopic (exact) mass is 302 g/mol. The van der Waals surface area contributed by atoms with Gasteiger partial charge in [0.15, 0.2) is 0 Å². The second-order valence-electron chi connectivity index (χ2n) is 5.68. The van der Waals surface area contributed by atoms with Crippen molar-refractivity contribution in [2.45, 2.75) is 6.04 Å². The van der Waals surface area contributed by atoms with Crippen molar-refractivity contribution in [1.29, 1.82) is 0 Å². The molecule has 0 saturated carbocycles. The number of aromatic amines is 1. The molecule has 2 aromatic carbocycles. The van der Waals surface area contributed by atoms with Gasteiger partial charge in [0.25, 0.3) is 0 Å². The summed E-state index contributed by atoms with van der Waals surface area (Å²) in [4.78, 5) is 3.36. The van der Waals surface area contributed by atoms with E-state index in [4.69, 9.17) is 0 Å². The Kier molecular flexibility index (Phi) is 3.35. The number of aromatic nitrogens is 3. The molecule has 0 radical (unpaired) electrons. The van der Waals surface area contributed by atoms with Crippen LogP contribution in [0.2, 0.25) is 0 Å². The summed E-state index contributed by atoms with van der Waals surface area (Å²) in [6.07, 6.45) is 6.06. The second kappa shape index (κ2) is 5.65. The summed E-state index contributed by atoms with van der Waals surface area (Å²) in [7, 11) is 1.94. The van der Waals surface area contributed by atoms with Crippen molar-refractivity contribution in [3.63, 3.8) is 0 Å². The van der Waals surface area contributed by atoms with Crippen molar-refractivity contribution >= 4 is 16.6 Å². The average molecular weight is 302 g/mol. The average Bonchev–Trinajstić information content (AvgIpc) is 3.20. The third kappa shape index (κ3) is 2.59. The third-order valence-electron chi connectivity index (χ3n) is 4.08. The second-order valence-corrected chi connectivity index (χ2v) is 5.68. The highest BCUT2D eigenvalue weighted by Gasteiger charge is 2.19. The molecule has 0 spiro atoms. The van der Waals surface area contributed by atoms with Crippen molar-refractivity contribution in [1.82, 2.24) is 14.8 Å². The molecule has 0 saturated heterocycles. The summed E-state index contributed by atoms with van der Waals surface area (Å²) < 4.78 is 1.84. The molecule has 4 nitrogen and oxygen atoms in total. The van der Waals surface area contributed by atoms with Gasteiger partial charge in [0.1, 0.15) is 0 Å². The first-order valence-electron chi connectivity index (χ1n) is 7.67. The molecule has 0 amide bonds. The number of H-pyrrole nitrogens is 1. The maximum atomic E-state index is 4.34. The summed E-state index contributed by atoms with van der Waals surface area (Å²) in [5.74, 6) is 0. The van der Waals surface area contributed by atoms with Crippen LogP contribution in [0, 0.1) is 0 Å². The molecule has 114 valence electrons. The van der Waals surface area contributed by atoms with Crippen molar-refractivity contribution in [3.8, 4) is 0 Å². The third-order valence-corrected chi connectivity index (χ3v) is 4.08. The number of anilines is 1. The number of hydrogen-bond donors (Lipinski definition) is 2. The van der Waals surface area contributed by atoms with E-state index in [1.165, 1.54) is 10.9 Å². The van der Waals surface area contributed by atoms with Crippen LogP contribution in [0.4, 0.5) is 5.69 Å².